The average Bonchev–Trinajstić information content (AvgIpc) is 2.15. The van der Waals surface area contributed by atoms with Gasteiger partial charge in [-0.2, -0.15) is 0 Å². The van der Waals surface area contributed by atoms with E-state index in [-0.39, 0.29) is 17.5 Å². The molecule has 0 bridgehead atoms. The standard InChI is InChI=1S/C8H13ClN2O3/c1-2-13-7(12)5-14-8(11)6(9)3-4-10/h3-4H,2,5,10-11H2,1H3/b4-3-,8-6-. The Kier molecular flexibility index (Phi) is 6.39. The molecule has 0 atom stereocenters. The van der Waals surface area contributed by atoms with Crippen LogP contribution >= 0.6 is 11.6 Å². The van der Waals surface area contributed by atoms with E-state index in [9.17, 15) is 4.79 Å². The van der Waals surface area contributed by atoms with Gasteiger partial charge in [-0.15, -0.1) is 0 Å². The number of allylic oxidation sites excluding steroid dienone is 2. The maximum absolute atomic E-state index is 10.8. The quantitative estimate of drug-likeness (QED) is 0.398. The third-order valence-electron chi connectivity index (χ3n) is 1.13. The van der Waals surface area contributed by atoms with E-state index < -0.39 is 5.97 Å². The first-order chi connectivity index (χ1) is 6.61. The lowest BCUT2D eigenvalue weighted by Gasteiger charge is -2.05. The van der Waals surface area contributed by atoms with Crippen LogP contribution in [0.2, 0.25) is 0 Å². The molecule has 5 nitrogen and oxygen atoms in total. The molecule has 0 spiro atoms. The predicted molar refractivity (Wildman–Crippen MR) is 53.0 cm³/mol. The van der Waals surface area contributed by atoms with Gasteiger partial charge in [0.25, 0.3) is 0 Å². The van der Waals surface area contributed by atoms with Gasteiger partial charge in [-0.05, 0) is 19.2 Å². The molecule has 0 aliphatic heterocycles. The molecule has 14 heavy (non-hydrogen) atoms. The van der Waals surface area contributed by atoms with E-state index in [1.807, 2.05) is 0 Å². The molecule has 0 aliphatic carbocycles. The molecule has 0 fully saturated rings. The van der Waals surface area contributed by atoms with Crippen molar-refractivity contribution in [1.82, 2.24) is 0 Å². The minimum absolute atomic E-state index is 0.0681. The van der Waals surface area contributed by atoms with Gasteiger partial charge in [0, 0.05) is 0 Å². The van der Waals surface area contributed by atoms with Gasteiger partial charge in [0.2, 0.25) is 5.88 Å². The van der Waals surface area contributed by atoms with Crippen molar-refractivity contribution in [3.63, 3.8) is 0 Å². The largest absolute Gasteiger partial charge is 0.466 e. The van der Waals surface area contributed by atoms with Gasteiger partial charge in [0.05, 0.1) is 6.61 Å². The van der Waals surface area contributed by atoms with Crippen LogP contribution < -0.4 is 11.5 Å². The van der Waals surface area contributed by atoms with E-state index in [1.54, 1.807) is 6.92 Å². The summed E-state index contributed by atoms with van der Waals surface area (Å²) in [6.07, 6.45) is 2.56. The SMILES string of the molecule is CCOC(=O)CO/C(N)=C(Cl)/C=C\N. The first-order valence-electron chi connectivity index (χ1n) is 3.93. The Labute approximate surface area is 87.3 Å². The normalized spacial score (nSPS) is 12.4. The van der Waals surface area contributed by atoms with Gasteiger partial charge in [-0.1, -0.05) is 11.6 Å². The summed E-state index contributed by atoms with van der Waals surface area (Å²) in [5.41, 5.74) is 10.4. The molecule has 0 aromatic heterocycles. The molecule has 0 amide bonds. The lowest BCUT2D eigenvalue weighted by Crippen LogP contribution is -2.15. The average molecular weight is 221 g/mol. The lowest BCUT2D eigenvalue weighted by molar-refractivity contribution is -0.147. The van der Waals surface area contributed by atoms with Gasteiger partial charge in [-0.3, -0.25) is 0 Å². The van der Waals surface area contributed by atoms with Crippen molar-refractivity contribution in [2.75, 3.05) is 13.2 Å². The number of ether oxygens (including phenoxy) is 2. The zero-order valence-electron chi connectivity index (χ0n) is 7.83. The van der Waals surface area contributed by atoms with Crippen molar-refractivity contribution in [2.24, 2.45) is 11.5 Å². The molecule has 0 aliphatic rings. The molecule has 0 saturated carbocycles. The van der Waals surface area contributed by atoms with Gasteiger partial charge >= 0.3 is 5.97 Å². The fourth-order valence-electron chi connectivity index (χ4n) is 0.575. The fraction of sp³-hybridized carbons (Fsp3) is 0.375. The van der Waals surface area contributed by atoms with E-state index in [0.29, 0.717) is 6.61 Å². The second-order valence-electron chi connectivity index (χ2n) is 2.17. The summed E-state index contributed by atoms with van der Waals surface area (Å²) >= 11 is 5.60. The van der Waals surface area contributed by atoms with Crippen LogP contribution in [0.1, 0.15) is 6.92 Å². The first kappa shape index (κ1) is 12.6. The molecule has 6 heteroatoms. The highest BCUT2D eigenvalue weighted by molar-refractivity contribution is 6.31. The second-order valence-corrected chi connectivity index (χ2v) is 2.57. The first-order valence-corrected chi connectivity index (χ1v) is 4.31. The highest BCUT2D eigenvalue weighted by Crippen LogP contribution is 2.07. The molecule has 0 unspecified atom stereocenters. The minimum Gasteiger partial charge on any atom is -0.466 e. The smallest absolute Gasteiger partial charge is 0.344 e. The number of hydrogen-bond acceptors (Lipinski definition) is 5. The number of nitrogens with two attached hydrogens (primary N) is 2. The Morgan fingerprint density at radius 2 is 2.14 bits per heavy atom. The number of rotatable bonds is 5. The summed E-state index contributed by atoms with van der Waals surface area (Å²) in [4.78, 5) is 10.8. The summed E-state index contributed by atoms with van der Waals surface area (Å²) in [6, 6.07) is 0. The third kappa shape index (κ3) is 5.31. The molecule has 80 valence electrons. The molecule has 0 heterocycles. The Morgan fingerprint density at radius 1 is 1.50 bits per heavy atom. The molecule has 0 aromatic carbocycles. The number of halogens is 1. The van der Waals surface area contributed by atoms with E-state index in [1.165, 1.54) is 12.3 Å². The second kappa shape index (κ2) is 7.08. The number of carbonyl (C=O) groups excluding carboxylic acids is 1. The van der Waals surface area contributed by atoms with Crippen molar-refractivity contribution in [3.05, 3.63) is 23.2 Å². The molecule has 4 N–H and O–H groups in total. The Hall–Kier alpha value is -1.36. The molecular weight excluding hydrogens is 208 g/mol. The molecular formula is C8H13ClN2O3. The van der Waals surface area contributed by atoms with Crippen molar-refractivity contribution in [2.45, 2.75) is 6.92 Å². The Bertz CT molecular complexity index is 251. The minimum atomic E-state index is -0.503. The van der Waals surface area contributed by atoms with Crippen LogP contribution in [-0.2, 0) is 14.3 Å². The van der Waals surface area contributed by atoms with Crippen LogP contribution in [0.5, 0.6) is 0 Å². The van der Waals surface area contributed by atoms with Crippen LogP contribution in [-0.4, -0.2) is 19.2 Å². The molecule has 0 saturated heterocycles. The Balaban J connectivity index is 4.00. The number of esters is 1. The monoisotopic (exact) mass is 220 g/mol. The predicted octanol–water partition coefficient (Wildman–Crippen LogP) is 0.405. The van der Waals surface area contributed by atoms with Gasteiger partial charge in [0.1, 0.15) is 5.03 Å². The van der Waals surface area contributed by atoms with Crippen molar-refractivity contribution in [1.29, 1.82) is 0 Å². The highest BCUT2D eigenvalue weighted by atomic mass is 35.5. The van der Waals surface area contributed by atoms with Crippen LogP contribution in [0, 0.1) is 0 Å². The van der Waals surface area contributed by atoms with Crippen molar-refractivity contribution >= 4 is 17.6 Å². The summed E-state index contributed by atoms with van der Waals surface area (Å²) in [5.74, 6) is -0.571. The van der Waals surface area contributed by atoms with Gasteiger partial charge in [-0.25, -0.2) is 4.79 Å². The van der Waals surface area contributed by atoms with Crippen LogP contribution in [0.3, 0.4) is 0 Å². The van der Waals surface area contributed by atoms with Gasteiger partial charge in [0.15, 0.2) is 6.61 Å². The Morgan fingerprint density at radius 3 is 2.64 bits per heavy atom. The topological polar surface area (TPSA) is 87.6 Å². The molecule has 0 aromatic rings. The molecule has 0 radical (unpaired) electrons. The number of carbonyl (C=O) groups is 1. The summed E-state index contributed by atoms with van der Waals surface area (Å²) in [5, 5.41) is 0.136. The summed E-state index contributed by atoms with van der Waals surface area (Å²) < 4.78 is 9.42. The van der Waals surface area contributed by atoms with Crippen molar-refractivity contribution < 1.29 is 14.3 Å². The van der Waals surface area contributed by atoms with E-state index in [2.05, 4.69) is 4.74 Å². The maximum Gasteiger partial charge on any atom is 0.344 e. The van der Waals surface area contributed by atoms with Crippen LogP contribution in [0.4, 0.5) is 0 Å². The van der Waals surface area contributed by atoms with E-state index in [4.69, 9.17) is 27.8 Å². The van der Waals surface area contributed by atoms with E-state index in [0.717, 1.165) is 0 Å². The van der Waals surface area contributed by atoms with E-state index >= 15 is 0 Å². The zero-order valence-corrected chi connectivity index (χ0v) is 8.58. The summed E-state index contributed by atoms with van der Waals surface area (Å²) in [7, 11) is 0. The third-order valence-corrected chi connectivity index (χ3v) is 1.44. The van der Waals surface area contributed by atoms with Crippen molar-refractivity contribution in [3.8, 4) is 0 Å². The molecule has 0 rings (SSSR count). The highest BCUT2D eigenvalue weighted by Gasteiger charge is 2.04. The number of hydrogen-bond donors (Lipinski definition) is 2. The maximum atomic E-state index is 10.8. The lowest BCUT2D eigenvalue weighted by atomic mass is 10.5. The zero-order chi connectivity index (χ0) is 11.0. The van der Waals surface area contributed by atoms with Gasteiger partial charge < -0.3 is 20.9 Å². The van der Waals surface area contributed by atoms with Crippen LogP contribution in [0.25, 0.3) is 0 Å². The van der Waals surface area contributed by atoms with Crippen LogP contribution in [0.15, 0.2) is 23.2 Å². The fourth-order valence-corrected chi connectivity index (χ4v) is 0.702. The summed E-state index contributed by atoms with van der Waals surface area (Å²) in [6.45, 7) is 1.72.